The van der Waals surface area contributed by atoms with Crippen LogP contribution < -0.4 is 10.6 Å². The Balaban J connectivity index is 1.82. The molecule has 1 aliphatic heterocycles. The van der Waals surface area contributed by atoms with E-state index in [9.17, 15) is 18.8 Å². The summed E-state index contributed by atoms with van der Waals surface area (Å²) >= 11 is 6.14. The maximum absolute atomic E-state index is 13.4. The minimum atomic E-state index is -1.32. The molecule has 4 amide bonds. The topological polar surface area (TPSA) is 78.5 Å². The molecular weight excluding hydrogens is 409 g/mol. The van der Waals surface area contributed by atoms with Crippen LogP contribution in [0.5, 0.6) is 0 Å². The van der Waals surface area contributed by atoms with Gasteiger partial charge in [-0.25, -0.2) is 9.18 Å². The highest BCUT2D eigenvalue weighted by molar-refractivity contribution is 6.33. The number of benzene rings is 2. The lowest BCUT2D eigenvalue weighted by Crippen LogP contribution is -2.44. The highest BCUT2D eigenvalue weighted by Gasteiger charge is 2.52. The van der Waals surface area contributed by atoms with Crippen LogP contribution in [-0.4, -0.2) is 29.3 Å². The summed E-state index contributed by atoms with van der Waals surface area (Å²) in [7, 11) is 0. The van der Waals surface area contributed by atoms with Crippen molar-refractivity contribution in [3.05, 3.63) is 64.4 Å². The molecular formula is C22H23ClFN3O3. The van der Waals surface area contributed by atoms with Gasteiger partial charge in [0.1, 0.15) is 17.9 Å². The second-order valence-corrected chi connectivity index (χ2v) is 7.78. The lowest BCUT2D eigenvalue weighted by molar-refractivity contribution is -0.134. The molecule has 6 nitrogen and oxygen atoms in total. The Morgan fingerprint density at radius 1 is 1.20 bits per heavy atom. The molecule has 0 aliphatic carbocycles. The minimum absolute atomic E-state index is 0.349. The number of unbranched alkanes of at least 4 members (excludes halogenated alkanes) is 1. The lowest BCUT2D eigenvalue weighted by Gasteiger charge is -2.27. The fourth-order valence-electron chi connectivity index (χ4n) is 3.51. The molecule has 1 unspecified atom stereocenters. The third-order valence-electron chi connectivity index (χ3n) is 5.12. The monoisotopic (exact) mass is 431 g/mol. The Morgan fingerprint density at radius 3 is 2.53 bits per heavy atom. The molecule has 0 aromatic heterocycles. The maximum Gasteiger partial charge on any atom is 0.325 e. The quantitative estimate of drug-likeness (QED) is 0.639. The number of hydrogen-bond donors (Lipinski definition) is 2. The van der Waals surface area contributed by atoms with Crippen molar-refractivity contribution < 1.29 is 18.8 Å². The number of nitrogens with zero attached hydrogens (tertiary/aromatic N) is 1. The van der Waals surface area contributed by atoms with Gasteiger partial charge in [0.05, 0.1) is 10.7 Å². The summed E-state index contributed by atoms with van der Waals surface area (Å²) in [5.41, 5.74) is 0.505. The van der Waals surface area contributed by atoms with E-state index in [0.29, 0.717) is 29.1 Å². The van der Waals surface area contributed by atoms with Gasteiger partial charge in [0, 0.05) is 0 Å². The first-order valence-electron chi connectivity index (χ1n) is 9.73. The van der Waals surface area contributed by atoms with E-state index in [1.807, 2.05) is 13.8 Å². The van der Waals surface area contributed by atoms with Crippen LogP contribution in [0.4, 0.5) is 14.9 Å². The van der Waals surface area contributed by atoms with Gasteiger partial charge in [-0.2, -0.15) is 0 Å². The summed E-state index contributed by atoms with van der Waals surface area (Å²) in [5, 5.41) is 5.73. The Kier molecular flexibility index (Phi) is 6.41. The molecule has 2 N–H and O–H groups in total. The van der Waals surface area contributed by atoms with E-state index >= 15 is 0 Å². The maximum atomic E-state index is 13.4. The molecule has 30 heavy (non-hydrogen) atoms. The van der Waals surface area contributed by atoms with Gasteiger partial charge in [0.25, 0.3) is 5.91 Å². The van der Waals surface area contributed by atoms with Crippen molar-refractivity contribution >= 4 is 35.1 Å². The molecule has 2 aromatic carbocycles. The minimum Gasteiger partial charge on any atom is -0.323 e. The van der Waals surface area contributed by atoms with Gasteiger partial charge in [0.15, 0.2) is 0 Å². The van der Waals surface area contributed by atoms with Crippen LogP contribution in [-0.2, 0) is 15.1 Å². The van der Waals surface area contributed by atoms with E-state index in [1.54, 1.807) is 18.2 Å². The summed E-state index contributed by atoms with van der Waals surface area (Å²) in [4.78, 5) is 39.3. The smallest absolute Gasteiger partial charge is 0.323 e. The number of carbonyl (C=O) groups is 3. The highest BCUT2D eigenvalue weighted by Crippen LogP contribution is 2.34. The van der Waals surface area contributed by atoms with Gasteiger partial charge >= 0.3 is 6.03 Å². The van der Waals surface area contributed by atoms with E-state index in [-0.39, 0.29) is 0 Å². The number of hydrogen-bond acceptors (Lipinski definition) is 3. The van der Waals surface area contributed by atoms with Crippen LogP contribution in [0.2, 0.25) is 5.02 Å². The number of carbonyl (C=O) groups excluding carboxylic acids is 3. The number of nitrogens with one attached hydrogen (secondary N) is 2. The van der Waals surface area contributed by atoms with Crippen molar-refractivity contribution in [3.8, 4) is 0 Å². The summed E-state index contributed by atoms with van der Waals surface area (Å²) in [6.07, 6.45) is 1.82. The third kappa shape index (κ3) is 4.31. The molecule has 158 valence electrons. The van der Waals surface area contributed by atoms with Crippen LogP contribution in [0.1, 0.15) is 37.3 Å². The van der Waals surface area contributed by atoms with Crippen LogP contribution in [0, 0.1) is 12.7 Å². The number of anilines is 1. The van der Waals surface area contributed by atoms with Gasteiger partial charge in [-0.1, -0.05) is 49.6 Å². The normalized spacial score (nSPS) is 18.5. The molecule has 0 radical (unpaired) electrons. The summed E-state index contributed by atoms with van der Waals surface area (Å²) in [5.74, 6) is -1.51. The van der Waals surface area contributed by atoms with Gasteiger partial charge in [-0.15, -0.1) is 0 Å². The summed E-state index contributed by atoms with van der Waals surface area (Å²) < 4.78 is 13.4. The predicted molar refractivity (Wildman–Crippen MR) is 113 cm³/mol. The largest absolute Gasteiger partial charge is 0.325 e. The molecule has 8 heteroatoms. The molecule has 0 saturated carbocycles. The highest BCUT2D eigenvalue weighted by atomic mass is 35.5. The van der Waals surface area contributed by atoms with E-state index in [1.165, 1.54) is 24.3 Å². The molecule has 1 fully saturated rings. The predicted octanol–water partition coefficient (Wildman–Crippen LogP) is 4.36. The number of urea groups is 1. The molecule has 1 atom stereocenters. The number of halogens is 2. The standard InChI is InChI=1S/C22H23ClFN3O3/c1-3-4-11-22(15-6-8-16(24)9-7-15)20(29)27(21(30)26-22)13-19(28)25-18-10-5-14(2)12-17(18)23/h5-10,12H,3-4,11,13H2,1-2H3,(H,25,28)(H,26,30). The van der Waals surface area contributed by atoms with E-state index in [2.05, 4.69) is 10.6 Å². The van der Waals surface area contributed by atoms with Crippen molar-refractivity contribution in [2.24, 2.45) is 0 Å². The number of imide groups is 1. The zero-order valence-electron chi connectivity index (χ0n) is 16.8. The lowest BCUT2D eigenvalue weighted by atomic mass is 9.85. The average Bonchev–Trinajstić information content (AvgIpc) is 2.94. The average molecular weight is 432 g/mol. The zero-order chi connectivity index (χ0) is 21.9. The Bertz CT molecular complexity index is 980. The zero-order valence-corrected chi connectivity index (χ0v) is 17.6. The van der Waals surface area contributed by atoms with Crippen molar-refractivity contribution in [2.75, 3.05) is 11.9 Å². The number of amides is 4. The Morgan fingerprint density at radius 2 is 1.90 bits per heavy atom. The van der Waals surface area contributed by atoms with Gasteiger partial charge < -0.3 is 10.6 Å². The van der Waals surface area contributed by atoms with E-state index in [4.69, 9.17) is 11.6 Å². The van der Waals surface area contributed by atoms with Crippen LogP contribution in [0.3, 0.4) is 0 Å². The molecule has 2 aromatic rings. The third-order valence-corrected chi connectivity index (χ3v) is 5.43. The molecule has 1 aliphatic rings. The van der Waals surface area contributed by atoms with E-state index < -0.39 is 35.7 Å². The second kappa shape index (κ2) is 8.83. The van der Waals surface area contributed by atoms with Gasteiger partial charge in [-0.05, 0) is 48.7 Å². The Hall–Kier alpha value is -2.93. The van der Waals surface area contributed by atoms with Crippen molar-refractivity contribution in [1.29, 1.82) is 0 Å². The van der Waals surface area contributed by atoms with Crippen molar-refractivity contribution in [2.45, 2.75) is 38.6 Å². The first-order valence-corrected chi connectivity index (χ1v) is 10.1. The number of rotatable bonds is 7. The molecule has 1 heterocycles. The summed E-state index contributed by atoms with van der Waals surface area (Å²) in [6.45, 7) is 3.39. The first-order chi connectivity index (χ1) is 14.3. The van der Waals surface area contributed by atoms with Crippen LogP contribution in [0.15, 0.2) is 42.5 Å². The molecule has 3 rings (SSSR count). The van der Waals surface area contributed by atoms with Gasteiger partial charge in [-0.3, -0.25) is 14.5 Å². The second-order valence-electron chi connectivity index (χ2n) is 7.37. The van der Waals surface area contributed by atoms with Crippen LogP contribution >= 0.6 is 11.6 Å². The fourth-order valence-corrected chi connectivity index (χ4v) is 3.79. The van der Waals surface area contributed by atoms with Crippen LogP contribution in [0.25, 0.3) is 0 Å². The van der Waals surface area contributed by atoms with E-state index in [0.717, 1.165) is 16.9 Å². The van der Waals surface area contributed by atoms with Gasteiger partial charge in [0.2, 0.25) is 5.91 Å². The molecule has 0 spiro atoms. The SMILES string of the molecule is CCCCC1(c2ccc(F)cc2)NC(=O)N(CC(=O)Nc2ccc(C)cc2Cl)C1=O. The van der Waals surface area contributed by atoms with Crippen molar-refractivity contribution in [1.82, 2.24) is 10.2 Å². The number of aryl methyl sites for hydroxylation is 1. The fraction of sp³-hybridized carbons (Fsp3) is 0.318. The molecule has 0 bridgehead atoms. The molecule has 1 saturated heterocycles. The van der Waals surface area contributed by atoms with Crippen molar-refractivity contribution in [3.63, 3.8) is 0 Å². The summed E-state index contributed by atoms with van der Waals surface area (Å²) in [6, 6.07) is 9.96. The Labute approximate surface area is 179 Å². The first kappa shape index (κ1) is 21.8.